The maximum Gasteiger partial charge on any atom is 0.423 e. The van der Waals surface area contributed by atoms with E-state index in [0.717, 1.165) is 12.6 Å². The maximum absolute atomic E-state index is 13.1. The molecule has 1 aromatic heterocycles. The smallest absolute Gasteiger partial charge is 0.423 e. The SMILES string of the molecule is CCCOc1cccc(Nc2ncc(C(F)(F)F)c(OC(C)CC)n2)c1. The van der Waals surface area contributed by atoms with Crippen LogP contribution in [-0.2, 0) is 6.18 Å². The van der Waals surface area contributed by atoms with Gasteiger partial charge in [0.1, 0.15) is 11.3 Å². The largest absolute Gasteiger partial charge is 0.494 e. The fourth-order valence-corrected chi connectivity index (χ4v) is 2.00. The van der Waals surface area contributed by atoms with Gasteiger partial charge in [0.2, 0.25) is 11.8 Å². The second-order valence-electron chi connectivity index (χ2n) is 5.75. The highest BCUT2D eigenvalue weighted by atomic mass is 19.4. The zero-order valence-electron chi connectivity index (χ0n) is 14.9. The van der Waals surface area contributed by atoms with Crippen LogP contribution in [0, 0.1) is 0 Å². The number of anilines is 2. The van der Waals surface area contributed by atoms with Crippen LogP contribution in [0.5, 0.6) is 11.6 Å². The Morgan fingerprint density at radius 3 is 2.65 bits per heavy atom. The summed E-state index contributed by atoms with van der Waals surface area (Å²) in [5, 5.41) is 2.88. The normalized spacial score (nSPS) is 12.5. The van der Waals surface area contributed by atoms with Crippen molar-refractivity contribution in [2.45, 2.75) is 45.9 Å². The molecule has 0 aliphatic rings. The Bertz CT molecular complexity index is 723. The first-order valence-electron chi connectivity index (χ1n) is 8.44. The van der Waals surface area contributed by atoms with Crippen LogP contribution < -0.4 is 14.8 Å². The van der Waals surface area contributed by atoms with Crippen LogP contribution >= 0.6 is 0 Å². The highest BCUT2D eigenvalue weighted by Crippen LogP contribution is 2.36. The van der Waals surface area contributed by atoms with Crippen molar-refractivity contribution in [1.29, 1.82) is 0 Å². The van der Waals surface area contributed by atoms with Crippen LogP contribution in [0.15, 0.2) is 30.5 Å². The predicted molar refractivity (Wildman–Crippen MR) is 92.9 cm³/mol. The molecular weight excluding hydrogens is 347 g/mol. The number of hydrogen-bond acceptors (Lipinski definition) is 5. The van der Waals surface area contributed by atoms with Crippen LogP contribution in [0.4, 0.5) is 24.8 Å². The Morgan fingerprint density at radius 1 is 1.23 bits per heavy atom. The third-order valence-corrected chi connectivity index (χ3v) is 3.51. The highest BCUT2D eigenvalue weighted by molar-refractivity contribution is 5.56. The molecule has 0 aliphatic carbocycles. The lowest BCUT2D eigenvalue weighted by molar-refractivity contribution is -0.139. The lowest BCUT2D eigenvalue weighted by Crippen LogP contribution is -2.17. The van der Waals surface area contributed by atoms with E-state index in [0.29, 0.717) is 24.5 Å². The molecule has 1 atom stereocenters. The van der Waals surface area contributed by atoms with Gasteiger partial charge in [-0.25, -0.2) is 4.98 Å². The van der Waals surface area contributed by atoms with Gasteiger partial charge in [-0.15, -0.1) is 0 Å². The number of aromatic nitrogens is 2. The number of alkyl halides is 3. The van der Waals surface area contributed by atoms with Crippen LogP contribution in [0.25, 0.3) is 0 Å². The van der Waals surface area contributed by atoms with Gasteiger partial charge in [0.05, 0.1) is 12.7 Å². The molecule has 2 aromatic rings. The van der Waals surface area contributed by atoms with Crippen LogP contribution in [0.3, 0.4) is 0 Å². The molecule has 1 N–H and O–H groups in total. The monoisotopic (exact) mass is 369 g/mol. The Morgan fingerprint density at radius 2 is 2.00 bits per heavy atom. The van der Waals surface area contributed by atoms with Crippen LogP contribution in [0.1, 0.15) is 39.2 Å². The average Bonchev–Trinajstić information content (AvgIpc) is 2.59. The van der Waals surface area contributed by atoms with Gasteiger partial charge in [0.15, 0.2) is 0 Å². The number of halogens is 3. The molecule has 2 rings (SSSR count). The quantitative estimate of drug-likeness (QED) is 0.693. The molecule has 0 spiro atoms. The van der Waals surface area contributed by atoms with Gasteiger partial charge in [-0.1, -0.05) is 19.9 Å². The predicted octanol–water partition coefficient (Wildman–Crippen LogP) is 5.21. The van der Waals surface area contributed by atoms with Crippen LogP contribution in [-0.4, -0.2) is 22.7 Å². The molecule has 1 unspecified atom stereocenters. The van der Waals surface area contributed by atoms with E-state index in [1.54, 1.807) is 31.2 Å². The molecule has 0 amide bonds. The average molecular weight is 369 g/mol. The Hall–Kier alpha value is -2.51. The molecule has 0 saturated heterocycles. The topological polar surface area (TPSA) is 56.3 Å². The fourth-order valence-electron chi connectivity index (χ4n) is 2.00. The summed E-state index contributed by atoms with van der Waals surface area (Å²) in [5.74, 6) is 0.187. The number of nitrogens with zero attached hydrogens (tertiary/aromatic N) is 2. The first-order valence-corrected chi connectivity index (χ1v) is 8.44. The molecule has 5 nitrogen and oxygen atoms in total. The second-order valence-corrected chi connectivity index (χ2v) is 5.75. The summed E-state index contributed by atoms with van der Waals surface area (Å²) in [7, 11) is 0. The van der Waals surface area contributed by atoms with Crippen molar-refractivity contribution in [2.75, 3.05) is 11.9 Å². The molecule has 0 bridgehead atoms. The lowest BCUT2D eigenvalue weighted by Gasteiger charge is -2.17. The van der Waals surface area contributed by atoms with E-state index in [1.165, 1.54) is 0 Å². The molecule has 0 fully saturated rings. The van der Waals surface area contributed by atoms with Gasteiger partial charge in [0.25, 0.3) is 0 Å². The molecule has 1 heterocycles. The third-order valence-electron chi connectivity index (χ3n) is 3.51. The summed E-state index contributed by atoms with van der Waals surface area (Å²) in [6.45, 7) is 6.08. The number of hydrogen-bond donors (Lipinski definition) is 1. The first kappa shape index (κ1) is 19.8. The summed E-state index contributed by atoms with van der Waals surface area (Å²) >= 11 is 0. The van der Waals surface area contributed by atoms with E-state index in [4.69, 9.17) is 9.47 Å². The molecule has 142 valence electrons. The maximum atomic E-state index is 13.1. The van der Waals surface area contributed by atoms with E-state index in [-0.39, 0.29) is 5.95 Å². The van der Waals surface area contributed by atoms with Crippen molar-refractivity contribution in [1.82, 2.24) is 9.97 Å². The van der Waals surface area contributed by atoms with E-state index in [2.05, 4.69) is 15.3 Å². The van der Waals surface area contributed by atoms with Crippen molar-refractivity contribution < 1.29 is 22.6 Å². The summed E-state index contributed by atoms with van der Waals surface area (Å²) in [6.07, 6.45) is -2.83. The van der Waals surface area contributed by atoms with E-state index < -0.39 is 23.7 Å². The minimum Gasteiger partial charge on any atom is -0.494 e. The van der Waals surface area contributed by atoms with Crippen LogP contribution in [0.2, 0.25) is 0 Å². The van der Waals surface area contributed by atoms with E-state index in [9.17, 15) is 13.2 Å². The summed E-state index contributed by atoms with van der Waals surface area (Å²) in [4.78, 5) is 7.67. The standard InChI is InChI=1S/C18H22F3N3O2/c1-4-9-25-14-8-6-7-13(10-14)23-17-22-11-15(18(19,20)21)16(24-17)26-12(3)5-2/h6-8,10-12H,4-5,9H2,1-3H3,(H,22,23,24). The summed E-state index contributed by atoms with van der Waals surface area (Å²) in [5.41, 5.74) is -0.392. The second kappa shape index (κ2) is 8.73. The zero-order chi connectivity index (χ0) is 19.2. The number of benzene rings is 1. The van der Waals surface area contributed by atoms with Crippen molar-refractivity contribution >= 4 is 11.6 Å². The third kappa shape index (κ3) is 5.50. The van der Waals surface area contributed by atoms with Gasteiger partial charge in [-0.05, 0) is 31.9 Å². The van der Waals surface area contributed by atoms with Gasteiger partial charge in [-0.2, -0.15) is 18.2 Å². The van der Waals surface area contributed by atoms with Gasteiger partial charge >= 0.3 is 6.18 Å². The Labute approximate surface area is 150 Å². The molecule has 1 aromatic carbocycles. The van der Waals surface area contributed by atoms with Crippen molar-refractivity contribution in [3.8, 4) is 11.6 Å². The number of nitrogens with one attached hydrogen (secondary N) is 1. The van der Waals surface area contributed by atoms with E-state index in [1.807, 2.05) is 13.8 Å². The zero-order valence-corrected chi connectivity index (χ0v) is 14.9. The highest BCUT2D eigenvalue weighted by Gasteiger charge is 2.36. The summed E-state index contributed by atoms with van der Waals surface area (Å²) < 4.78 is 50.3. The van der Waals surface area contributed by atoms with Crippen molar-refractivity contribution in [3.05, 3.63) is 36.0 Å². The fraction of sp³-hybridized carbons (Fsp3) is 0.444. The number of ether oxygens (including phenoxy) is 2. The van der Waals surface area contributed by atoms with E-state index >= 15 is 0 Å². The van der Waals surface area contributed by atoms with Crippen molar-refractivity contribution in [3.63, 3.8) is 0 Å². The van der Waals surface area contributed by atoms with Gasteiger partial charge in [0, 0.05) is 18.0 Å². The minimum atomic E-state index is -4.59. The lowest BCUT2D eigenvalue weighted by atomic mass is 10.3. The first-order chi connectivity index (χ1) is 12.3. The van der Waals surface area contributed by atoms with Crippen molar-refractivity contribution in [2.24, 2.45) is 0 Å². The molecule has 0 aliphatic heterocycles. The molecule has 0 saturated carbocycles. The molecule has 8 heteroatoms. The Kier molecular flexibility index (Phi) is 6.65. The number of rotatable bonds is 8. The Balaban J connectivity index is 2.25. The molecule has 26 heavy (non-hydrogen) atoms. The summed E-state index contributed by atoms with van der Waals surface area (Å²) in [6, 6.07) is 7.04. The minimum absolute atomic E-state index is 0.0175. The van der Waals surface area contributed by atoms with Gasteiger partial charge < -0.3 is 14.8 Å². The molecular formula is C18H22F3N3O2. The van der Waals surface area contributed by atoms with Gasteiger partial charge in [-0.3, -0.25) is 0 Å². The molecule has 0 radical (unpaired) electrons.